The first-order valence-corrected chi connectivity index (χ1v) is 9.01. The van der Waals surface area contributed by atoms with Crippen LogP contribution >= 0.6 is 0 Å². The third kappa shape index (κ3) is 3.70. The van der Waals surface area contributed by atoms with E-state index in [1.54, 1.807) is 31.2 Å². The van der Waals surface area contributed by atoms with Crippen molar-refractivity contribution in [3.63, 3.8) is 0 Å². The van der Waals surface area contributed by atoms with Gasteiger partial charge in [-0.1, -0.05) is 17.7 Å². The molecule has 0 aliphatic heterocycles. The molecule has 0 spiro atoms. The van der Waals surface area contributed by atoms with E-state index < -0.39 is 26.3 Å². The molecule has 0 aliphatic carbocycles. The Labute approximate surface area is 148 Å². The van der Waals surface area contributed by atoms with Crippen LogP contribution in [0.5, 0.6) is 0 Å². The third-order valence-electron chi connectivity index (χ3n) is 3.41. The second-order valence-corrected chi connectivity index (χ2v) is 7.18. The third-order valence-corrected chi connectivity index (χ3v) is 4.58. The van der Waals surface area contributed by atoms with Crippen LogP contribution in [-0.2, 0) is 10.0 Å². The van der Waals surface area contributed by atoms with Crippen molar-refractivity contribution in [3.05, 3.63) is 74.4 Å². The first-order chi connectivity index (χ1) is 12.2. The number of nitrogens with zero attached hydrogens (tertiary/aromatic N) is 3. The van der Waals surface area contributed by atoms with Crippen LogP contribution in [0.4, 0.5) is 5.69 Å². The molecule has 2 heterocycles. The van der Waals surface area contributed by atoms with Crippen molar-refractivity contribution in [3.8, 4) is 5.82 Å². The molecule has 0 amide bonds. The minimum absolute atomic E-state index is 0.0514. The van der Waals surface area contributed by atoms with Crippen molar-refractivity contribution in [1.82, 2.24) is 19.7 Å². The fourth-order valence-electron chi connectivity index (χ4n) is 2.18. The van der Waals surface area contributed by atoms with Gasteiger partial charge in [0, 0.05) is 29.6 Å². The van der Waals surface area contributed by atoms with Crippen molar-refractivity contribution >= 4 is 15.7 Å². The van der Waals surface area contributed by atoms with Gasteiger partial charge in [-0.3, -0.25) is 19.4 Å². The molecule has 1 aromatic carbocycles. The van der Waals surface area contributed by atoms with Gasteiger partial charge in [0.1, 0.15) is 0 Å². The zero-order valence-corrected chi connectivity index (χ0v) is 14.7. The molecule has 0 unspecified atom stereocenters. The first kappa shape index (κ1) is 17.5. The Morgan fingerprint density at radius 3 is 2.38 bits per heavy atom. The van der Waals surface area contributed by atoms with Gasteiger partial charge >= 0.3 is 0 Å². The molecule has 3 aromatic rings. The number of hydrogen-bond donors (Lipinski definition) is 2. The van der Waals surface area contributed by atoms with E-state index in [9.17, 15) is 18.0 Å². The fourth-order valence-corrected chi connectivity index (χ4v) is 3.19. The van der Waals surface area contributed by atoms with E-state index in [1.807, 2.05) is 6.92 Å². The number of sulfonamides is 1. The minimum Gasteiger partial charge on any atom is -0.277 e. The van der Waals surface area contributed by atoms with E-state index in [2.05, 4.69) is 19.8 Å². The standard InChI is InChI=1S/C16H15N5O4S/c1-10-3-5-12(6-4-10)20-26(24,25)16-17-11(2)9-13(18-16)21-15(23)8-7-14(22)19-21/h3-9,20H,1-2H3,(H,19,22). The molecular formula is C16H15N5O4S. The molecule has 0 saturated carbocycles. The van der Waals surface area contributed by atoms with Crippen molar-refractivity contribution in [2.75, 3.05) is 4.72 Å². The number of rotatable bonds is 4. The average molecular weight is 373 g/mol. The number of aryl methyl sites for hydroxylation is 2. The van der Waals surface area contributed by atoms with Crippen molar-refractivity contribution in [2.45, 2.75) is 19.0 Å². The summed E-state index contributed by atoms with van der Waals surface area (Å²) in [7, 11) is -4.08. The average Bonchev–Trinajstić information content (AvgIpc) is 2.58. The molecule has 0 aliphatic rings. The highest BCUT2D eigenvalue weighted by Crippen LogP contribution is 2.15. The molecule has 9 nitrogen and oxygen atoms in total. The van der Waals surface area contributed by atoms with E-state index in [0.717, 1.165) is 22.4 Å². The summed E-state index contributed by atoms with van der Waals surface area (Å²) in [6.45, 7) is 3.44. The lowest BCUT2D eigenvalue weighted by molar-refractivity contribution is 0.589. The minimum atomic E-state index is -4.08. The summed E-state index contributed by atoms with van der Waals surface area (Å²) in [5, 5.41) is 1.79. The van der Waals surface area contributed by atoms with Crippen molar-refractivity contribution in [1.29, 1.82) is 0 Å². The lowest BCUT2D eigenvalue weighted by Crippen LogP contribution is -2.28. The Bertz CT molecular complexity index is 1180. The number of aromatic nitrogens is 4. The highest BCUT2D eigenvalue weighted by Gasteiger charge is 2.20. The summed E-state index contributed by atoms with van der Waals surface area (Å²) in [6, 6.07) is 10.3. The molecule has 26 heavy (non-hydrogen) atoms. The maximum atomic E-state index is 12.6. The van der Waals surface area contributed by atoms with Gasteiger partial charge in [0.15, 0.2) is 5.82 Å². The number of hydrogen-bond acceptors (Lipinski definition) is 6. The number of H-pyrrole nitrogens is 1. The number of nitrogens with one attached hydrogen (secondary N) is 2. The van der Waals surface area contributed by atoms with Crippen LogP contribution in [0.3, 0.4) is 0 Å². The van der Waals surface area contributed by atoms with Crippen LogP contribution in [0.25, 0.3) is 5.82 Å². The Hall–Kier alpha value is -3.27. The number of aromatic amines is 1. The summed E-state index contributed by atoms with van der Waals surface area (Å²) in [5.74, 6) is -0.0514. The second-order valence-electron chi connectivity index (χ2n) is 5.60. The molecule has 3 rings (SSSR count). The largest absolute Gasteiger partial charge is 0.297 e. The molecule has 0 saturated heterocycles. The summed E-state index contributed by atoms with van der Waals surface area (Å²) in [4.78, 5) is 31.2. The zero-order chi connectivity index (χ0) is 18.9. The Morgan fingerprint density at radius 2 is 1.69 bits per heavy atom. The molecule has 0 atom stereocenters. The van der Waals surface area contributed by atoms with E-state index >= 15 is 0 Å². The van der Waals surface area contributed by atoms with Crippen LogP contribution in [-0.4, -0.2) is 28.2 Å². The molecule has 2 aromatic heterocycles. The van der Waals surface area contributed by atoms with Crippen LogP contribution in [0, 0.1) is 13.8 Å². The summed E-state index contributed by atoms with van der Waals surface area (Å²) >= 11 is 0. The Morgan fingerprint density at radius 1 is 1.00 bits per heavy atom. The number of benzene rings is 1. The molecule has 0 bridgehead atoms. The molecule has 0 radical (unpaired) electrons. The monoisotopic (exact) mass is 373 g/mol. The topological polar surface area (TPSA) is 127 Å². The van der Waals surface area contributed by atoms with Gasteiger partial charge in [0.05, 0.1) is 0 Å². The highest BCUT2D eigenvalue weighted by molar-refractivity contribution is 7.92. The smallest absolute Gasteiger partial charge is 0.277 e. The molecular weight excluding hydrogens is 358 g/mol. The lowest BCUT2D eigenvalue weighted by Gasteiger charge is -2.10. The molecule has 0 fully saturated rings. The van der Waals surface area contributed by atoms with Crippen molar-refractivity contribution < 1.29 is 8.42 Å². The maximum Gasteiger partial charge on any atom is 0.297 e. The summed E-state index contributed by atoms with van der Waals surface area (Å²) < 4.78 is 28.4. The summed E-state index contributed by atoms with van der Waals surface area (Å²) in [5.41, 5.74) is 0.568. The molecule has 134 valence electrons. The van der Waals surface area contributed by atoms with E-state index in [-0.39, 0.29) is 5.82 Å². The molecule has 10 heteroatoms. The zero-order valence-electron chi connectivity index (χ0n) is 13.9. The van der Waals surface area contributed by atoms with Crippen LogP contribution in [0.15, 0.2) is 57.2 Å². The van der Waals surface area contributed by atoms with Gasteiger partial charge in [-0.25, -0.2) is 4.98 Å². The Kier molecular flexibility index (Phi) is 4.43. The fraction of sp³-hybridized carbons (Fsp3) is 0.125. The van der Waals surface area contributed by atoms with Crippen LogP contribution in [0.1, 0.15) is 11.3 Å². The quantitative estimate of drug-likeness (QED) is 0.649. The van der Waals surface area contributed by atoms with Gasteiger partial charge < -0.3 is 0 Å². The lowest BCUT2D eigenvalue weighted by atomic mass is 10.2. The van der Waals surface area contributed by atoms with Crippen LogP contribution < -0.4 is 15.8 Å². The van der Waals surface area contributed by atoms with Gasteiger partial charge in [-0.15, -0.1) is 0 Å². The number of anilines is 1. The van der Waals surface area contributed by atoms with Crippen LogP contribution in [0.2, 0.25) is 0 Å². The van der Waals surface area contributed by atoms with Gasteiger partial charge in [0.2, 0.25) is 0 Å². The normalized spacial score (nSPS) is 11.3. The highest BCUT2D eigenvalue weighted by atomic mass is 32.2. The summed E-state index contributed by atoms with van der Waals surface area (Å²) in [6.07, 6.45) is 0. The second kappa shape index (κ2) is 6.56. The van der Waals surface area contributed by atoms with E-state index in [1.165, 1.54) is 6.07 Å². The predicted octanol–water partition coefficient (Wildman–Crippen LogP) is 0.733. The van der Waals surface area contributed by atoms with Gasteiger partial charge in [-0.05, 0) is 26.0 Å². The maximum absolute atomic E-state index is 12.6. The van der Waals surface area contributed by atoms with E-state index in [0.29, 0.717) is 11.4 Å². The van der Waals surface area contributed by atoms with Gasteiger partial charge in [-0.2, -0.15) is 18.1 Å². The SMILES string of the molecule is Cc1ccc(NS(=O)(=O)c2nc(C)cc(-n3[nH]c(=O)ccc3=O)n2)cc1. The predicted molar refractivity (Wildman–Crippen MR) is 95.0 cm³/mol. The van der Waals surface area contributed by atoms with Gasteiger partial charge in [0.25, 0.3) is 26.3 Å². The Balaban J connectivity index is 2.06. The van der Waals surface area contributed by atoms with E-state index in [4.69, 9.17) is 0 Å². The first-order valence-electron chi connectivity index (χ1n) is 7.52. The molecule has 2 N–H and O–H groups in total. The van der Waals surface area contributed by atoms with Crippen molar-refractivity contribution in [2.24, 2.45) is 0 Å².